The lowest BCUT2D eigenvalue weighted by Crippen LogP contribution is -2.25. The summed E-state index contributed by atoms with van der Waals surface area (Å²) in [4.78, 5) is 12.0. The third-order valence-corrected chi connectivity index (χ3v) is 3.72. The molecule has 3 N–H and O–H groups in total. The van der Waals surface area contributed by atoms with Gasteiger partial charge < -0.3 is 15.5 Å². The van der Waals surface area contributed by atoms with Gasteiger partial charge in [-0.2, -0.15) is 5.10 Å². The number of aliphatic hydroxyl groups excluding tert-OH is 2. The average Bonchev–Trinajstić information content (AvgIpc) is 2.51. The smallest absolute Gasteiger partial charge is 0.283 e. The van der Waals surface area contributed by atoms with Crippen molar-refractivity contribution in [1.29, 1.82) is 0 Å². The zero-order valence-corrected chi connectivity index (χ0v) is 12.9. The van der Waals surface area contributed by atoms with Crippen LogP contribution >= 0.6 is 15.9 Å². The Labute approximate surface area is 130 Å². The minimum absolute atomic E-state index is 0.00368. The number of aromatic nitrogens is 2. The molecule has 0 fully saturated rings. The minimum atomic E-state index is -0.293. The number of hydrogen-bond donors (Lipinski definition) is 3. The molecule has 0 spiro atoms. The van der Waals surface area contributed by atoms with Gasteiger partial charge in [-0.15, -0.1) is 0 Å². The monoisotopic (exact) mass is 353 g/mol. The lowest BCUT2D eigenvalue weighted by atomic mass is 10.1. The summed E-state index contributed by atoms with van der Waals surface area (Å²) >= 11 is 3.25. The summed E-state index contributed by atoms with van der Waals surface area (Å²) in [6.45, 7) is 0.532. The highest BCUT2D eigenvalue weighted by atomic mass is 79.9. The van der Waals surface area contributed by atoms with E-state index in [4.69, 9.17) is 10.2 Å². The maximum Gasteiger partial charge on any atom is 0.283 e. The van der Waals surface area contributed by atoms with Gasteiger partial charge in [0, 0.05) is 6.54 Å². The second kappa shape index (κ2) is 7.35. The Morgan fingerprint density at radius 1 is 1.29 bits per heavy atom. The van der Waals surface area contributed by atoms with E-state index in [0.29, 0.717) is 16.7 Å². The van der Waals surface area contributed by atoms with Crippen molar-refractivity contribution in [3.63, 3.8) is 0 Å². The van der Waals surface area contributed by atoms with E-state index in [1.54, 1.807) is 0 Å². The van der Waals surface area contributed by atoms with Crippen LogP contribution in [-0.4, -0.2) is 26.6 Å². The van der Waals surface area contributed by atoms with E-state index in [1.165, 1.54) is 10.9 Å². The topological polar surface area (TPSA) is 87.4 Å². The van der Waals surface area contributed by atoms with E-state index in [2.05, 4.69) is 26.3 Å². The molecule has 0 aliphatic heterocycles. The molecule has 1 heterocycles. The van der Waals surface area contributed by atoms with Gasteiger partial charge in [0.25, 0.3) is 5.56 Å². The Balaban J connectivity index is 2.13. The van der Waals surface area contributed by atoms with Gasteiger partial charge in [-0.05, 0) is 27.1 Å². The molecule has 21 heavy (non-hydrogen) atoms. The summed E-state index contributed by atoms with van der Waals surface area (Å²) in [7, 11) is 0. The number of anilines is 1. The third-order valence-electron chi connectivity index (χ3n) is 2.95. The fourth-order valence-electron chi connectivity index (χ4n) is 1.88. The molecule has 0 aliphatic rings. The standard InChI is InChI=1S/C14H16BrN3O3/c15-13-12(8-17-18(4-5-19)14(13)21)16-7-10-2-1-3-11(6-10)9-20/h1-3,6,8,16,19-20H,4-5,7,9H2. The Morgan fingerprint density at radius 3 is 2.76 bits per heavy atom. The van der Waals surface area contributed by atoms with Crippen molar-refractivity contribution in [1.82, 2.24) is 9.78 Å². The van der Waals surface area contributed by atoms with E-state index in [9.17, 15) is 4.79 Å². The fourth-order valence-corrected chi connectivity index (χ4v) is 2.32. The molecule has 0 unspecified atom stereocenters. The maximum absolute atomic E-state index is 12.0. The van der Waals surface area contributed by atoms with Gasteiger partial charge in [-0.3, -0.25) is 4.79 Å². The van der Waals surface area contributed by atoms with Crippen molar-refractivity contribution >= 4 is 21.6 Å². The van der Waals surface area contributed by atoms with Crippen LogP contribution < -0.4 is 10.9 Å². The van der Waals surface area contributed by atoms with E-state index < -0.39 is 0 Å². The number of benzene rings is 1. The third kappa shape index (κ3) is 3.90. The molecule has 2 aromatic rings. The molecule has 1 aromatic heterocycles. The van der Waals surface area contributed by atoms with Crippen LogP contribution in [0.15, 0.2) is 39.7 Å². The van der Waals surface area contributed by atoms with Gasteiger partial charge in [0.15, 0.2) is 0 Å². The SMILES string of the molecule is O=c1c(Br)c(NCc2cccc(CO)c2)cnn1CCO. The Morgan fingerprint density at radius 2 is 2.05 bits per heavy atom. The van der Waals surface area contributed by atoms with Gasteiger partial charge in [0.1, 0.15) is 4.47 Å². The van der Waals surface area contributed by atoms with Gasteiger partial charge >= 0.3 is 0 Å². The first-order valence-electron chi connectivity index (χ1n) is 6.44. The van der Waals surface area contributed by atoms with E-state index in [-0.39, 0.29) is 25.3 Å². The van der Waals surface area contributed by atoms with Crippen LogP contribution in [-0.2, 0) is 19.7 Å². The normalized spacial score (nSPS) is 10.6. The van der Waals surface area contributed by atoms with Crippen molar-refractivity contribution < 1.29 is 10.2 Å². The fraction of sp³-hybridized carbons (Fsp3) is 0.286. The van der Waals surface area contributed by atoms with Gasteiger partial charge in [-0.1, -0.05) is 24.3 Å². The van der Waals surface area contributed by atoms with Crippen LogP contribution in [0.5, 0.6) is 0 Å². The van der Waals surface area contributed by atoms with Crippen LogP contribution in [0.25, 0.3) is 0 Å². The first-order chi connectivity index (χ1) is 10.2. The van der Waals surface area contributed by atoms with Gasteiger partial charge in [0.05, 0.1) is 31.6 Å². The van der Waals surface area contributed by atoms with Crippen LogP contribution in [0, 0.1) is 0 Å². The Bertz CT molecular complexity index is 673. The summed E-state index contributed by atoms with van der Waals surface area (Å²) in [5, 5.41) is 25.1. The molecule has 0 saturated carbocycles. The summed E-state index contributed by atoms with van der Waals surface area (Å²) < 4.78 is 1.58. The van der Waals surface area contributed by atoms with E-state index in [0.717, 1.165) is 11.1 Å². The van der Waals surface area contributed by atoms with Crippen LogP contribution in [0.3, 0.4) is 0 Å². The molecule has 0 atom stereocenters. The molecule has 1 aromatic carbocycles. The van der Waals surface area contributed by atoms with E-state index in [1.807, 2.05) is 24.3 Å². The molecule has 2 rings (SSSR count). The van der Waals surface area contributed by atoms with Crippen molar-refractivity contribution in [3.8, 4) is 0 Å². The number of rotatable bonds is 6. The lowest BCUT2D eigenvalue weighted by Gasteiger charge is -2.10. The van der Waals surface area contributed by atoms with Crippen LogP contribution in [0.1, 0.15) is 11.1 Å². The Kier molecular flexibility index (Phi) is 5.49. The zero-order valence-electron chi connectivity index (χ0n) is 11.3. The number of hydrogen-bond acceptors (Lipinski definition) is 5. The second-order valence-electron chi connectivity index (χ2n) is 4.46. The lowest BCUT2D eigenvalue weighted by molar-refractivity contribution is 0.266. The van der Waals surface area contributed by atoms with Crippen molar-refractivity contribution in [2.24, 2.45) is 0 Å². The molecule has 0 radical (unpaired) electrons. The molecular weight excluding hydrogens is 338 g/mol. The molecule has 0 amide bonds. The summed E-state index contributed by atoms with van der Waals surface area (Å²) in [6.07, 6.45) is 1.54. The summed E-state index contributed by atoms with van der Waals surface area (Å²) in [5.74, 6) is 0. The molecule has 6 nitrogen and oxygen atoms in total. The van der Waals surface area contributed by atoms with Gasteiger partial charge in [0.2, 0.25) is 0 Å². The highest BCUT2D eigenvalue weighted by molar-refractivity contribution is 9.10. The van der Waals surface area contributed by atoms with Crippen molar-refractivity contribution in [2.45, 2.75) is 19.7 Å². The molecular formula is C14H16BrN3O3. The first-order valence-corrected chi connectivity index (χ1v) is 7.24. The van der Waals surface area contributed by atoms with Gasteiger partial charge in [-0.25, -0.2) is 4.68 Å². The van der Waals surface area contributed by atoms with Crippen LogP contribution in [0.4, 0.5) is 5.69 Å². The zero-order chi connectivity index (χ0) is 15.2. The quantitative estimate of drug-likeness (QED) is 0.723. The highest BCUT2D eigenvalue weighted by Crippen LogP contribution is 2.17. The summed E-state index contributed by atoms with van der Waals surface area (Å²) in [6, 6.07) is 7.54. The molecule has 0 aliphatic carbocycles. The highest BCUT2D eigenvalue weighted by Gasteiger charge is 2.08. The number of aliphatic hydroxyl groups is 2. The molecule has 0 saturated heterocycles. The molecule has 0 bridgehead atoms. The number of nitrogens with zero attached hydrogens (tertiary/aromatic N) is 2. The first kappa shape index (κ1) is 15.7. The second-order valence-corrected chi connectivity index (χ2v) is 5.25. The van der Waals surface area contributed by atoms with E-state index >= 15 is 0 Å². The average molecular weight is 354 g/mol. The largest absolute Gasteiger partial charge is 0.394 e. The Hall–Kier alpha value is -1.70. The molecule has 112 valence electrons. The maximum atomic E-state index is 12.0. The number of nitrogens with one attached hydrogen (secondary N) is 1. The summed E-state index contributed by atoms with van der Waals surface area (Å²) in [5.41, 5.74) is 2.12. The number of halogens is 1. The predicted octanol–water partition coefficient (Wildman–Crippen LogP) is 1.10. The predicted molar refractivity (Wildman–Crippen MR) is 83.0 cm³/mol. The molecule has 7 heteroatoms. The van der Waals surface area contributed by atoms with Crippen molar-refractivity contribution in [3.05, 3.63) is 56.4 Å². The van der Waals surface area contributed by atoms with Crippen LogP contribution in [0.2, 0.25) is 0 Å². The minimum Gasteiger partial charge on any atom is -0.394 e. The van der Waals surface area contributed by atoms with Crippen molar-refractivity contribution in [2.75, 3.05) is 11.9 Å².